The molecule has 1 N–H and O–H groups in total. The van der Waals surface area contributed by atoms with Gasteiger partial charge in [0, 0.05) is 13.1 Å². The van der Waals surface area contributed by atoms with Crippen LogP contribution in [0.2, 0.25) is 0 Å². The molecule has 0 radical (unpaired) electrons. The van der Waals surface area contributed by atoms with Gasteiger partial charge in [-0.3, -0.25) is 4.79 Å². The monoisotopic (exact) mass is 261 g/mol. The van der Waals surface area contributed by atoms with Gasteiger partial charge in [0.25, 0.3) is 0 Å². The fraction of sp³-hybridized carbons (Fsp3) is 0.562. The van der Waals surface area contributed by atoms with Crippen LogP contribution in [-0.2, 0) is 17.6 Å². The summed E-state index contributed by atoms with van der Waals surface area (Å²) in [6.07, 6.45) is 1.94. The maximum atomic E-state index is 12.2. The van der Waals surface area contributed by atoms with Gasteiger partial charge in [-0.1, -0.05) is 38.1 Å². The number of aliphatic hydroxyl groups is 1. The van der Waals surface area contributed by atoms with Crippen LogP contribution >= 0.6 is 0 Å². The topological polar surface area (TPSA) is 40.5 Å². The van der Waals surface area contributed by atoms with Gasteiger partial charge >= 0.3 is 0 Å². The first-order valence-corrected chi connectivity index (χ1v) is 7.13. The first-order chi connectivity index (χ1) is 9.10. The number of rotatable bonds is 3. The second kappa shape index (κ2) is 6.20. The molecule has 1 aliphatic rings. The first kappa shape index (κ1) is 14.1. The number of aryl methyl sites for hydroxylation is 1. The third-order valence-electron chi connectivity index (χ3n) is 4.03. The Kier molecular flexibility index (Phi) is 4.59. The Morgan fingerprint density at radius 2 is 2.16 bits per heavy atom. The lowest BCUT2D eigenvalue weighted by Gasteiger charge is -2.34. The molecule has 0 spiro atoms. The molecule has 1 aliphatic heterocycles. The Morgan fingerprint density at radius 3 is 2.84 bits per heavy atom. The molecule has 3 nitrogen and oxygen atoms in total. The van der Waals surface area contributed by atoms with Crippen molar-refractivity contribution in [2.45, 2.75) is 39.2 Å². The SMILES string of the molecule is CCc1cccc(CC(=O)N2CCC(C)C(O)C2)c1. The predicted octanol–water partition coefficient (Wildman–Crippen LogP) is 2.02. The number of likely N-dealkylation sites (tertiary alicyclic amines) is 1. The Hall–Kier alpha value is -1.35. The molecule has 1 aromatic rings. The molecule has 1 heterocycles. The van der Waals surface area contributed by atoms with Gasteiger partial charge in [-0.05, 0) is 29.9 Å². The van der Waals surface area contributed by atoms with Crippen LogP contribution in [0.1, 0.15) is 31.4 Å². The van der Waals surface area contributed by atoms with Crippen molar-refractivity contribution in [2.24, 2.45) is 5.92 Å². The number of aliphatic hydroxyl groups excluding tert-OH is 1. The van der Waals surface area contributed by atoms with Crippen molar-refractivity contribution in [1.82, 2.24) is 4.90 Å². The highest BCUT2D eigenvalue weighted by Gasteiger charge is 2.27. The largest absolute Gasteiger partial charge is 0.391 e. The van der Waals surface area contributed by atoms with Crippen molar-refractivity contribution in [2.75, 3.05) is 13.1 Å². The molecule has 2 rings (SSSR count). The van der Waals surface area contributed by atoms with Crippen LogP contribution in [0.4, 0.5) is 0 Å². The zero-order chi connectivity index (χ0) is 13.8. The minimum atomic E-state index is -0.375. The van der Waals surface area contributed by atoms with Gasteiger partial charge in [0.05, 0.1) is 12.5 Å². The van der Waals surface area contributed by atoms with Gasteiger partial charge in [0.2, 0.25) is 5.91 Å². The third-order valence-corrected chi connectivity index (χ3v) is 4.03. The number of β-amino-alcohol motifs (C(OH)–C–C–N with tert-alkyl or cyclic N) is 1. The Balaban J connectivity index is 1.97. The van der Waals surface area contributed by atoms with E-state index in [0.29, 0.717) is 18.9 Å². The summed E-state index contributed by atoms with van der Waals surface area (Å²) in [7, 11) is 0. The fourth-order valence-corrected chi connectivity index (χ4v) is 2.52. The standard InChI is InChI=1S/C16H23NO2/c1-3-13-5-4-6-14(9-13)10-16(19)17-8-7-12(2)15(18)11-17/h4-6,9,12,15,18H,3,7-8,10-11H2,1-2H3. The zero-order valence-electron chi connectivity index (χ0n) is 11.8. The summed E-state index contributed by atoms with van der Waals surface area (Å²) >= 11 is 0. The molecule has 0 saturated carbocycles. The van der Waals surface area contributed by atoms with Crippen LogP contribution in [0.5, 0.6) is 0 Å². The zero-order valence-corrected chi connectivity index (χ0v) is 11.8. The fourth-order valence-electron chi connectivity index (χ4n) is 2.52. The number of piperidine rings is 1. The average Bonchev–Trinajstić information content (AvgIpc) is 2.42. The van der Waals surface area contributed by atoms with E-state index in [1.165, 1.54) is 5.56 Å². The number of amides is 1. The maximum absolute atomic E-state index is 12.2. The molecule has 0 aliphatic carbocycles. The average molecular weight is 261 g/mol. The molecule has 104 valence electrons. The molecule has 3 heteroatoms. The molecule has 1 saturated heterocycles. The molecule has 1 aromatic carbocycles. The molecule has 2 unspecified atom stereocenters. The molecule has 1 amide bonds. The smallest absolute Gasteiger partial charge is 0.227 e. The van der Waals surface area contributed by atoms with Crippen LogP contribution in [-0.4, -0.2) is 35.1 Å². The normalized spacial score (nSPS) is 23.4. The highest BCUT2D eigenvalue weighted by molar-refractivity contribution is 5.79. The van der Waals surface area contributed by atoms with E-state index < -0.39 is 0 Å². The van der Waals surface area contributed by atoms with Crippen molar-refractivity contribution < 1.29 is 9.90 Å². The summed E-state index contributed by atoms with van der Waals surface area (Å²) in [4.78, 5) is 14.0. The van der Waals surface area contributed by atoms with Gasteiger partial charge in [-0.25, -0.2) is 0 Å². The Bertz CT molecular complexity index is 444. The van der Waals surface area contributed by atoms with Gasteiger partial charge in [-0.15, -0.1) is 0 Å². The van der Waals surface area contributed by atoms with Crippen LogP contribution in [0.15, 0.2) is 24.3 Å². The highest BCUT2D eigenvalue weighted by Crippen LogP contribution is 2.18. The lowest BCUT2D eigenvalue weighted by molar-refractivity contribution is -0.134. The summed E-state index contributed by atoms with van der Waals surface area (Å²) < 4.78 is 0. The van der Waals surface area contributed by atoms with Gasteiger partial charge in [0.1, 0.15) is 0 Å². The van der Waals surface area contributed by atoms with Crippen molar-refractivity contribution in [3.05, 3.63) is 35.4 Å². The second-order valence-corrected chi connectivity index (χ2v) is 5.52. The van der Waals surface area contributed by atoms with Crippen LogP contribution < -0.4 is 0 Å². The molecule has 1 fully saturated rings. The molecule has 2 atom stereocenters. The van der Waals surface area contributed by atoms with E-state index >= 15 is 0 Å². The quantitative estimate of drug-likeness (QED) is 0.904. The minimum Gasteiger partial charge on any atom is -0.391 e. The summed E-state index contributed by atoms with van der Waals surface area (Å²) in [6.45, 7) is 5.40. The van der Waals surface area contributed by atoms with E-state index in [0.717, 1.165) is 24.9 Å². The lowest BCUT2D eigenvalue weighted by atomic mass is 9.95. The molecular formula is C16H23NO2. The minimum absolute atomic E-state index is 0.124. The van der Waals surface area contributed by atoms with E-state index in [4.69, 9.17) is 0 Å². The number of carbonyl (C=O) groups is 1. The second-order valence-electron chi connectivity index (χ2n) is 5.52. The number of benzene rings is 1. The third kappa shape index (κ3) is 3.57. The summed E-state index contributed by atoms with van der Waals surface area (Å²) in [5.41, 5.74) is 2.33. The van der Waals surface area contributed by atoms with Gasteiger partial charge in [0.15, 0.2) is 0 Å². The van der Waals surface area contributed by atoms with Crippen LogP contribution in [0, 0.1) is 5.92 Å². The highest BCUT2D eigenvalue weighted by atomic mass is 16.3. The Labute approximate surface area is 115 Å². The molecule has 0 aromatic heterocycles. The lowest BCUT2D eigenvalue weighted by Crippen LogP contribution is -2.46. The van der Waals surface area contributed by atoms with E-state index in [2.05, 4.69) is 19.1 Å². The van der Waals surface area contributed by atoms with Crippen molar-refractivity contribution in [3.63, 3.8) is 0 Å². The van der Waals surface area contributed by atoms with E-state index in [1.807, 2.05) is 19.1 Å². The van der Waals surface area contributed by atoms with E-state index in [1.54, 1.807) is 4.90 Å². The van der Waals surface area contributed by atoms with E-state index in [9.17, 15) is 9.90 Å². The predicted molar refractivity (Wildman–Crippen MR) is 75.9 cm³/mol. The summed E-state index contributed by atoms with van der Waals surface area (Å²) in [5.74, 6) is 0.423. The summed E-state index contributed by atoms with van der Waals surface area (Å²) in [6, 6.07) is 8.19. The maximum Gasteiger partial charge on any atom is 0.227 e. The molecule has 19 heavy (non-hydrogen) atoms. The van der Waals surface area contributed by atoms with Crippen molar-refractivity contribution >= 4 is 5.91 Å². The number of hydrogen-bond acceptors (Lipinski definition) is 2. The van der Waals surface area contributed by atoms with Gasteiger partial charge < -0.3 is 10.0 Å². The first-order valence-electron chi connectivity index (χ1n) is 7.13. The van der Waals surface area contributed by atoms with Gasteiger partial charge in [-0.2, -0.15) is 0 Å². The molecule has 0 bridgehead atoms. The van der Waals surface area contributed by atoms with Crippen molar-refractivity contribution in [1.29, 1.82) is 0 Å². The van der Waals surface area contributed by atoms with Crippen LogP contribution in [0.3, 0.4) is 0 Å². The number of nitrogens with zero attached hydrogens (tertiary/aromatic N) is 1. The Morgan fingerprint density at radius 1 is 1.42 bits per heavy atom. The number of hydrogen-bond donors (Lipinski definition) is 1. The molecular weight excluding hydrogens is 238 g/mol. The summed E-state index contributed by atoms with van der Waals surface area (Å²) in [5, 5.41) is 9.85. The van der Waals surface area contributed by atoms with Crippen molar-refractivity contribution in [3.8, 4) is 0 Å². The van der Waals surface area contributed by atoms with E-state index in [-0.39, 0.29) is 12.0 Å². The van der Waals surface area contributed by atoms with Crippen LogP contribution in [0.25, 0.3) is 0 Å². The number of carbonyl (C=O) groups excluding carboxylic acids is 1.